The molecule has 1 N–H and O–H groups in total. The highest BCUT2D eigenvalue weighted by Gasteiger charge is 2.35. The number of carboxylic acid groups (broad SMARTS) is 1. The molecule has 0 aliphatic carbocycles. The molecule has 0 unspecified atom stereocenters. The van der Waals surface area contributed by atoms with Crippen LogP contribution in [0, 0.1) is 0 Å². The summed E-state index contributed by atoms with van der Waals surface area (Å²) in [4.78, 5) is 9.29. The lowest BCUT2D eigenvalue weighted by molar-refractivity contribution is -0.138. The Labute approximate surface area is 240 Å². The number of carbonyl (C=O) groups is 1. The minimum Gasteiger partial charge on any atom is -0.489 e. The van der Waals surface area contributed by atoms with Crippen LogP contribution in [0.15, 0.2) is 47.5 Å². The Hall–Kier alpha value is -3.71. The SMILES string of the molecule is CCC(=O)O.CCOc1nn(CC)cc1S(=O)(=O)N1CCOc2ccc(/C=C/c3c(Cl)cccc3C(F)(F)F)cc21. The first-order chi connectivity index (χ1) is 19.3. The van der Waals surface area contributed by atoms with Gasteiger partial charge in [-0.15, -0.1) is 5.10 Å². The van der Waals surface area contributed by atoms with E-state index in [2.05, 4.69) is 5.10 Å². The number of aryl methyl sites for hydroxylation is 1. The van der Waals surface area contributed by atoms with Crippen LogP contribution >= 0.6 is 11.6 Å². The van der Waals surface area contributed by atoms with Crippen LogP contribution in [-0.2, 0) is 27.5 Å². The number of fused-ring (bicyclic) bond motifs is 1. The lowest BCUT2D eigenvalue weighted by Crippen LogP contribution is -2.38. The van der Waals surface area contributed by atoms with Crippen LogP contribution < -0.4 is 13.8 Å². The highest BCUT2D eigenvalue weighted by molar-refractivity contribution is 7.93. The molecule has 9 nitrogen and oxygen atoms in total. The third kappa shape index (κ3) is 7.53. The van der Waals surface area contributed by atoms with E-state index in [9.17, 15) is 26.4 Å². The molecule has 1 aliphatic heterocycles. The molecule has 3 aromatic rings. The first-order valence-electron chi connectivity index (χ1n) is 12.6. The van der Waals surface area contributed by atoms with Gasteiger partial charge in [-0.2, -0.15) is 13.2 Å². The first kappa shape index (κ1) is 31.8. The molecule has 1 aromatic heterocycles. The molecule has 14 heteroatoms. The first-order valence-corrected chi connectivity index (χ1v) is 14.4. The fourth-order valence-corrected chi connectivity index (χ4v) is 5.54. The molecule has 0 fully saturated rings. The highest BCUT2D eigenvalue weighted by Crippen LogP contribution is 2.39. The molecule has 0 bridgehead atoms. The van der Waals surface area contributed by atoms with Crippen molar-refractivity contribution in [1.29, 1.82) is 0 Å². The lowest BCUT2D eigenvalue weighted by atomic mass is 10.0. The number of carboxylic acids is 1. The van der Waals surface area contributed by atoms with Gasteiger partial charge in [0, 0.05) is 29.7 Å². The van der Waals surface area contributed by atoms with Gasteiger partial charge in [-0.1, -0.05) is 42.8 Å². The van der Waals surface area contributed by atoms with Gasteiger partial charge in [0.25, 0.3) is 15.9 Å². The lowest BCUT2D eigenvalue weighted by Gasteiger charge is -2.30. The molecule has 1 aliphatic rings. The van der Waals surface area contributed by atoms with E-state index in [0.29, 0.717) is 17.9 Å². The van der Waals surface area contributed by atoms with Crippen molar-refractivity contribution < 1.29 is 41.0 Å². The van der Waals surface area contributed by atoms with Crippen molar-refractivity contribution in [1.82, 2.24) is 9.78 Å². The molecule has 222 valence electrons. The second-order valence-electron chi connectivity index (χ2n) is 8.52. The van der Waals surface area contributed by atoms with E-state index >= 15 is 0 Å². The highest BCUT2D eigenvalue weighted by atomic mass is 35.5. The standard InChI is InChI=1S/C24H23ClF3N3O4S.C3H6O2/c1-3-30-15-22(23(29-30)34-4-2)36(32,33)31-12-13-35-21-11-9-16(14-20(21)31)8-10-17-18(24(26,27)28)6-5-7-19(17)25;1-2-3(4)5/h5-11,14-15H,3-4,12-13H2,1-2H3;2H2,1H3,(H,4,5)/b10-8+;. The van der Waals surface area contributed by atoms with E-state index in [0.717, 1.165) is 6.07 Å². The largest absolute Gasteiger partial charge is 0.489 e. The van der Waals surface area contributed by atoms with Crippen molar-refractivity contribution in [2.75, 3.05) is 24.1 Å². The van der Waals surface area contributed by atoms with Crippen LogP contribution in [0.3, 0.4) is 0 Å². The topological polar surface area (TPSA) is 111 Å². The second kappa shape index (κ2) is 13.3. The third-order valence-electron chi connectivity index (χ3n) is 5.78. The Morgan fingerprint density at radius 3 is 2.51 bits per heavy atom. The number of ether oxygens (including phenoxy) is 2. The summed E-state index contributed by atoms with van der Waals surface area (Å²) < 4.78 is 81.4. The van der Waals surface area contributed by atoms with Crippen molar-refractivity contribution in [2.24, 2.45) is 0 Å². The summed E-state index contributed by atoms with van der Waals surface area (Å²) in [5, 5.41) is 11.9. The van der Waals surface area contributed by atoms with Crippen molar-refractivity contribution in [3.05, 3.63) is 64.3 Å². The van der Waals surface area contributed by atoms with Crippen molar-refractivity contribution in [3.8, 4) is 11.6 Å². The molecular weight excluding hydrogens is 587 g/mol. The number of benzene rings is 2. The van der Waals surface area contributed by atoms with E-state index in [1.807, 2.05) is 6.92 Å². The van der Waals surface area contributed by atoms with Gasteiger partial charge in [0.15, 0.2) is 4.90 Å². The molecule has 0 radical (unpaired) electrons. The van der Waals surface area contributed by atoms with Gasteiger partial charge < -0.3 is 14.6 Å². The smallest absolute Gasteiger partial charge is 0.417 e. The monoisotopic (exact) mass is 615 g/mol. The van der Waals surface area contributed by atoms with Crippen LogP contribution in [0.5, 0.6) is 11.6 Å². The zero-order valence-electron chi connectivity index (χ0n) is 22.5. The molecule has 2 aromatic carbocycles. The Morgan fingerprint density at radius 1 is 1.20 bits per heavy atom. The maximum atomic E-state index is 13.6. The molecule has 0 saturated heterocycles. The average molecular weight is 616 g/mol. The summed E-state index contributed by atoms with van der Waals surface area (Å²) in [5.74, 6) is -0.414. The number of aliphatic carboxylic acids is 1. The number of aromatic nitrogens is 2. The summed E-state index contributed by atoms with van der Waals surface area (Å²) in [6.45, 7) is 6.00. The molecule has 0 atom stereocenters. The molecule has 0 spiro atoms. The van der Waals surface area contributed by atoms with Gasteiger partial charge in [-0.25, -0.2) is 8.42 Å². The third-order valence-corrected chi connectivity index (χ3v) is 7.90. The van der Waals surface area contributed by atoms with Crippen LogP contribution in [0.2, 0.25) is 5.02 Å². The number of rotatable bonds is 8. The molecule has 41 heavy (non-hydrogen) atoms. The maximum Gasteiger partial charge on any atom is 0.417 e. The molecule has 0 saturated carbocycles. The van der Waals surface area contributed by atoms with Crippen molar-refractivity contribution in [2.45, 2.75) is 44.8 Å². The minimum atomic E-state index is -4.58. The maximum absolute atomic E-state index is 13.6. The number of sulfonamides is 1. The summed E-state index contributed by atoms with van der Waals surface area (Å²) in [6, 6.07) is 8.30. The van der Waals surface area contributed by atoms with E-state index < -0.39 is 27.7 Å². The Balaban J connectivity index is 0.000000850. The number of hydrogen-bond acceptors (Lipinski definition) is 6. The molecular formula is C27H29ClF3N3O6S. The van der Waals surface area contributed by atoms with Crippen LogP contribution in [0.1, 0.15) is 43.9 Å². The quantitative estimate of drug-likeness (QED) is 0.300. The van der Waals surface area contributed by atoms with Crippen LogP contribution in [0.25, 0.3) is 12.2 Å². The number of hydrogen-bond donors (Lipinski definition) is 1. The van der Waals surface area contributed by atoms with E-state index in [-0.39, 0.29) is 53.2 Å². The number of alkyl halides is 3. The van der Waals surface area contributed by atoms with E-state index in [1.54, 1.807) is 26.0 Å². The van der Waals surface area contributed by atoms with Gasteiger partial charge in [0.1, 0.15) is 12.4 Å². The van der Waals surface area contributed by atoms with E-state index in [1.165, 1.54) is 45.5 Å². The number of anilines is 1. The predicted molar refractivity (Wildman–Crippen MR) is 149 cm³/mol. The van der Waals surface area contributed by atoms with Gasteiger partial charge in [0.2, 0.25) is 0 Å². The molecule has 0 amide bonds. The average Bonchev–Trinajstić information content (AvgIpc) is 3.35. The Bertz CT molecular complexity index is 1520. The normalized spacial score (nSPS) is 13.3. The van der Waals surface area contributed by atoms with Gasteiger partial charge in [0.05, 0.1) is 24.4 Å². The Kier molecular flexibility index (Phi) is 10.3. The van der Waals surface area contributed by atoms with Crippen LogP contribution in [-0.4, -0.2) is 49.0 Å². The summed E-state index contributed by atoms with van der Waals surface area (Å²) in [6.07, 6.45) is -0.250. The summed E-state index contributed by atoms with van der Waals surface area (Å²) in [7, 11) is -4.08. The Morgan fingerprint density at radius 2 is 1.90 bits per heavy atom. The molecule has 4 rings (SSSR count). The zero-order valence-corrected chi connectivity index (χ0v) is 24.1. The summed E-state index contributed by atoms with van der Waals surface area (Å²) >= 11 is 6.04. The number of halogens is 4. The van der Waals surface area contributed by atoms with Gasteiger partial charge in [-0.05, 0) is 43.7 Å². The predicted octanol–water partition coefficient (Wildman–Crippen LogP) is 6.21. The minimum absolute atomic E-state index is 0.00171. The van der Waals surface area contributed by atoms with Crippen LogP contribution in [0.4, 0.5) is 18.9 Å². The number of nitrogens with zero attached hydrogens (tertiary/aromatic N) is 3. The van der Waals surface area contributed by atoms with Gasteiger partial charge >= 0.3 is 12.1 Å². The zero-order chi connectivity index (χ0) is 30.4. The van der Waals surface area contributed by atoms with Crippen molar-refractivity contribution >= 4 is 45.4 Å². The second-order valence-corrected chi connectivity index (χ2v) is 10.8. The van der Waals surface area contributed by atoms with Gasteiger partial charge in [-0.3, -0.25) is 13.8 Å². The fraction of sp³-hybridized carbons (Fsp3) is 0.333. The van der Waals surface area contributed by atoms with Crippen molar-refractivity contribution in [3.63, 3.8) is 0 Å². The van der Waals surface area contributed by atoms with E-state index in [4.69, 9.17) is 26.2 Å². The fourth-order valence-electron chi connectivity index (χ4n) is 3.78. The summed E-state index contributed by atoms with van der Waals surface area (Å²) in [5.41, 5.74) is -0.335. The molecule has 2 heterocycles.